The minimum Gasteiger partial charge on any atom is -0.394 e. The fourth-order valence-corrected chi connectivity index (χ4v) is 13.0. The van der Waals surface area contributed by atoms with Crippen molar-refractivity contribution in [2.45, 2.75) is 180 Å². The third kappa shape index (κ3) is 6.89. The van der Waals surface area contributed by atoms with E-state index in [1.54, 1.807) is 0 Å². The largest absolute Gasteiger partial charge is 0.394 e. The van der Waals surface area contributed by atoms with Crippen molar-refractivity contribution in [3.05, 3.63) is 23.8 Å². The van der Waals surface area contributed by atoms with Crippen LogP contribution in [0.1, 0.15) is 106 Å². The van der Waals surface area contributed by atoms with Gasteiger partial charge in [-0.05, 0) is 117 Å². The number of allylic oxidation sites excluding steroid dienone is 3. The van der Waals surface area contributed by atoms with Gasteiger partial charge in [0.1, 0.15) is 48.8 Å². The van der Waals surface area contributed by atoms with Gasteiger partial charge in [-0.2, -0.15) is 0 Å². The van der Waals surface area contributed by atoms with Gasteiger partial charge in [-0.15, -0.1) is 0 Å². The van der Waals surface area contributed by atoms with E-state index in [0.29, 0.717) is 18.3 Å². The molecule has 2 saturated heterocycles. The van der Waals surface area contributed by atoms with Gasteiger partial charge in [0.25, 0.3) is 0 Å². The summed E-state index contributed by atoms with van der Waals surface area (Å²) in [5.41, 5.74) is 2.12. The van der Waals surface area contributed by atoms with Crippen molar-refractivity contribution in [3.63, 3.8) is 0 Å². The van der Waals surface area contributed by atoms with Crippen LogP contribution in [0, 0.1) is 45.3 Å². The molecular weight excluding hydrogens is 696 g/mol. The Kier molecular flexibility index (Phi) is 12.3. The summed E-state index contributed by atoms with van der Waals surface area (Å²) in [5.74, 6) is 1.03. The molecule has 6 aliphatic rings. The molecule has 4 aliphatic carbocycles. The molecule has 0 aromatic heterocycles. The fourth-order valence-electron chi connectivity index (χ4n) is 13.0. The summed E-state index contributed by atoms with van der Waals surface area (Å²) in [6.07, 6.45) is -5.12. The van der Waals surface area contributed by atoms with Crippen LogP contribution in [0.15, 0.2) is 23.8 Å². The van der Waals surface area contributed by atoms with E-state index >= 15 is 0 Å². The Bertz CT molecular complexity index is 1370. The molecule has 8 N–H and O–H groups in total. The molecule has 0 aromatic rings. The van der Waals surface area contributed by atoms with E-state index in [4.69, 9.17) is 18.9 Å². The van der Waals surface area contributed by atoms with Crippen molar-refractivity contribution < 1.29 is 59.8 Å². The monoisotopic (exact) mass is 766 g/mol. The van der Waals surface area contributed by atoms with E-state index in [0.717, 1.165) is 51.4 Å². The predicted octanol–water partition coefficient (Wildman–Crippen LogP) is 2.95. The van der Waals surface area contributed by atoms with Gasteiger partial charge >= 0.3 is 0 Å². The van der Waals surface area contributed by atoms with E-state index < -0.39 is 86.1 Å². The minimum atomic E-state index is -1.74. The first kappa shape index (κ1) is 42.6. The Hall–Kier alpha value is -1.00. The summed E-state index contributed by atoms with van der Waals surface area (Å²) < 4.78 is 24.4. The van der Waals surface area contributed by atoms with E-state index in [1.807, 2.05) is 0 Å². The van der Waals surface area contributed by atoms with Gasteiger partial charge in [-0.1, -0.05) is 58.4 Å². The Morgan fingerprint density at radius 2 is 1.33 bits per heavy atom. The number of hydrogen-bond donors (Lipinski definition) is 8. The molecule has 12 heteroatoms. The number of fused-ring (bicyclic) bond motifs is 5. The Morgan fingerprint density at radius 3 is 1.96 bits per heavy atom. The summed E-state index contributed by atoms with van der Waals surface area (Å²) >= 11 is 0. The highest BCUT2D eigenvalue weighted by molar-refractivity contribution is 5.22. The summed E-state index contributed by atoms with van der Waals surface area (Å²) in [4.78, 5) is 0. The Morgan fingerprint density at radius 1 is 0.722 bits per heavy atom. The van der Waals surface area contributed by atoms with Gasteiger partial charge in [-0.25, -0.2) is 0 Å². The topological polar surface area (TPSA) is 199 Å². The second kappa shape index (κ2) is 15.6. The van der Waals surface area contributed by atoms with Crippen LogP contribution in [0.25, 0.3) is 0 Å². The van der Waals surface area contributed by atoms with Crippen molar-refractivity contribution in [1.82, 2.24) is 0 Å². The molecule has 0 bridgehead atoms. The molecule has 6 rings (SSSR count). The Labute approximate surface area is 321 Å². The Balaban J connectivity index is 1.22. The highest BCUT2D eigenvalue weighted by Gasteiger charge is 2.70. The van der Waals surface area contributed by atoms with Crippen LogP contribution in [0.3, 0.4) is 0 Å². The number of rotatable bonds is 10. The van der Waals surface area contributed by atoms with Crippen LogP contribution in [0.2, 0.25) is 0 Å². The lowest BCUT2D eigenvalue weighted by molar-refractivity contribution is -0.378. The average molecular weight is 767 g/mol. The van der Waals surface area contributed by atoms with Crippen LogP contribution >= 0.6 is 0 Å². The fraction of sp³-hybridized carbons (Fsp3) is 0.905. The SMILES string of the molecule is C=C(CCC=C(C)C)[C@H]1CC[C@]2(C)C1[C@H](O)CC1[C@@]3(C)CCC(O[C@@H]4O[C@H](CO)[C@@H](O)[C@H](O)[C@H]4O[C@@H]4O[C@H](CO)[C@@H](O)[C@H](O)[C@H]4O)C(C)(C)[C@@H]3CC[C@]12C. The molecule has 6 fully saturated rings. The van der Waals surface area contributed by atoms with Crippen LogP contribution in [-0.2, 0) is 18.9 Å². The van der Waals surface area contributed by atoms with Crippen LogP contribution in [-0.4, -0.2) is 128 Å². The number of aliphatic hydroxyl groups is 8. The second-order valence-electron chi connectivity index (χ2n) is 19.4. The molecule has 4 saturated carbocycles. The zero-order chi connectivity index (χ0) is 39.7. The number of ether oxygens (including phenoxy) is 4. The van der Waals surface area contributed by atoms with E-state index in [-0.39, 0.29) is 34.2 Å². The summed E-state index contributed by atoms with van der Waals surface area (Å²) in [6.45, 7) is 19.4. The van der Waals surface area contributed by atoms with Gasteiger partial charge in [-0.3, -0.25) is 0 Å². The zero-order valence-corrected chi connectivity index (χ0v) is 33.5. The standard InChI is InChI=1S/C42H70O12/c1-21(2)10-9-11-22(3)23-12-16-42(8)30(23)24(45)18-28-40(6)15-14-29(39(4,5)27(40)13-17-41(28,42)7)53-38-36(34(49)32(47)26(20-44)52-38)54-37-35(50)33(48)31(46)25(19-43)51-37/h10,23-38,43-50H,3,9,11-20H2,1-2,4-8H3/t23-,24-,25-,26-,27+,28?,29?,30?,31-,32-,33+,34+,35-,36-,37+,38+,40+,41-,42-/m1/s1. The highest BCUT2D eigenvalue weighted by atomic mass is 16.8. The molecule has 2 aliphatic heterocycles. The number of aliphatic hydroxyl groups excluding tert-OH is 8. The van der Waals surface area contributed by atoms with Crippen LogP contribution in [0.4, 0.5) is 0 Å². The zero-order valence-electron chi connectivity index (χ0n) is 33.5. The maximum absolute atomic E-state index is 12.1. The molecule has 19 atom stereocenters. The smallest absolute Gasteiger partial charge is 0.187 e. The minimum absolute atomic E-state index is 0.0217. The summed E-state index contributed by atoms with van der Waals surface area (Å²) in [7, 11) is 0. The number of hydrogen-bond acceptors (Lipinski definition) is 12. The summed E-state index contributed by atoms with van der Waals surface area (Å²) in [6, 6.07) is 0. The molecule has 0 aromatic carbocycles. The molecule has 54 heavy (non-hydrogen) atoms. The van der Waals surface area contributed by atoms with Crippen molar-refractivity contribution >= 4 is 0 Å². The molecule has 310 valence electrons. The summed E-state index contributed by atoms with van der Waals surface area (Å²) in [5, 5.41) is 85.4. The van der Waals surface area contributed by atoms with Gasteiger partial charge in [0.2, 0.25) is 0 Å². The first-order chi connectivity index (χ1) is 25.3. The van der Waals surface area contributed by atoms with E-state index in [9.17, 15) is 40.9 Å². The molecule has 0 spiro atoms. The first-order valence-electron chi connectivity index (χ1n) is 20.5. The third-order valence-corrected chi connectivity index (χ3v) is 16.1. The molecule has 12 nitrogen and oxygen atoms in total. The molecule has 0 amide bonds. The molecule has 3 unspecified atom stereocenters. The van der Waals surface area contributed by atoms with Crippen LogP contribution in [0.5, 0.6) is 0 Å². The predicted molar refractivity (Wildman–Crippen MR) is 199 cm³/mol. The van der Waals surface area contributed by atoms with Gasteiger partial charge < -0.3 is 59.8 Å². The van der Waals surface area contributed by atoms with E-state index in [2.05, 4.69) is 61.1 Å². The van der Waals surface area contributed by atoms with Crippen molar-refractivity contribution in [3.8, 4) is 0 Å². The lowest BCUT2D eigenvalue weighted by Gasteiger charge is -2.70. The quantitative estimate of drug-likeness (QED) is 0.120. The lowest BCUT2D eigenvalue weighted by Crippen LogP contribution is -2.67. The molecular formula is C42H70O12. The van der Waals surface area contributed by atoms with Gasteiger partial charge in [0.05, 0.1) is 25.4 Å². The molecule has 0 radical (unpaired) electrons. The van der Waals surface area contributed by atoms with Crippen molar-refractivity contribution in [2.24, 2.45) is 45.3 Å². The normalized spacial score (nSPS) is 51.5. The maximum atomic E-state index is 12.1. The van der Waals surface area contributed by atoms with Crippen molar-refractivity contribution in [1.29, 1.82) is 0 Å². The van der Waals surface area contributed by atoms with Gasteiger partial charge in [0.15, 0.2) is 12.6 Å². The third-order valence-electron chi connectivity index (χ3n) is 16.1. The van der Waals surface area contributed by atoms with Crippen molar-refractivity contribution in [2.75, 3.05) is 13.2 Å². The average Bonchev–Trinajstić information content (AvgIpc) is 3.49. The van der Waals surface area contributed by atoms with Crippen LogP contribution < -0.4 is 0 Å². The van der Waals surface area contributed by atoms with Gasteiger partial charge in [0, 0.05) is 0 Å². The lowest BCUT2D eigenvalue weighted by atomic mass is 9.35. The maximum Gasteiger partial charge on any atom is 0.187 e. The second-order valence-corrected chi connectivity index (χ2v) is 19.4. The highest BCUT2D eigenvalue weighted by Crippen LogP contribution is 2.75. The molecule has 2 heterocycles. The first-order valence-corrected chi connectivity index (χ1v) is 20.5. The van der Waals surface area contributed by atoms with E-state index in [1.165, 1.54) is 11.1 Å².